The molecule has 0 aliphatic heterocycles. The lowest BCUT2D eigenvalue weighted by Gasteiger charge is -2.18. The quantitative estimate of drug-likeness (QED) is 0.746. The Morgan fingerprint density at radius 1 is 1.67 bits per heavy atom. The van der Waals surface area contributed by atoms with E-state index in [2.05, 4.69) is 16.9 Å². The standard InChI is InChI=1S/C10H13ClFN3/c1-6-3-7(6)5-15(2)9-8(12)4-13-10(11)14-9/h4,6-7H,3,5H2,1-2H3. The van der Waals surface area contributed by atoms with Crippen molar-refractivity contribution in [2.45, 2.75) is 13.3 Å². The molecule has 0 N–H and O–H groups in total. The molecule has 2 unspecified atom stereocenters. The molecule has 3 nitrogen and oxygen atoms in total. The Hall–Kier alpha value is -0.900. The lowest BCUT2D eigenvalue weighted by molar-refractivity contribution is 0.601. The first kappa shape index (κ1) is 10.6. The molecule has 1 fully saturated rings. The number of rotatable bonds is 3. The van der Waals surface area contributed by atoms with Crippen LogP contribution in [-0.2, 0) is 0 Å². The molecule has 1 aliphatic rings. The zero-order valence-corrected chi connectivity index (χ0v) is 9.50. The fourth-order valence-electron chi connectivity index (χ4n) is 1.70. The van der Waals surface area contributed by atoms with E-state index in [-0.39, 0.29) is 11.1 Å². The van der Waals surface area contributed by atoms with Gasteiger partial charge in [-0.2, -0.15) is 4.98 Å². The number of nitrogens with zero attached hydrogens (tertiary/aromatic N) is 3. The minimum Gasteiger partial charge on any atom is -0.357 e. The molecule has 0 radical (unpaired) electrons. The van der Waals surface area contributed by atoms with Crippen LogP contribution in [0.15, 0.2) is 6.20 Å². The number of aromatic nitrogens is 2. The lowest BCUT2D eigenvalue weighted by Crippen LogP contribution is -2.23. The van der Waals surface area contributed by atoms with Gasteiger partial charge in [-0.1, -0.05) is 6.92 Å². The Morgan fingerprint density at radius 3 is 2.93 bits per heavy atom. The van der Waals surface area contributed by atoms with Crippen molar-refractivity contribution < 1.29 is 4.39 Å². The molecule has 2 rings (SSSR count). The van der Waals surface area contributed by atoms with E-state index in [9.17, 15) is 4.39 Å². The van der Waals surface area contributed by atoms with Gasteiger partial charge in [-0.25, -0.2) is 9.37 Å². The van der Waals surface area contributed by atoms with Gasteiger partial charge < -0.3 is 4.90 Å². The van der Waals surface area contributed by atoms with E-state index in [1.165, 1.54) is 6.42 Å². The molecule has 5 heteroatoms. The first-order valence-corrected chi connectivity index (χ1v) is 5.35. The number of hydrogen-bond donors (Lipinski definition) is 0. The van der Waals surface area contributed by atoms with Crippen molar-refractivity contribution in [1.29, 1.82) is 0 Å². The summed E-state index contributed by atoms with van der Waals surface area (Å²) in [4.78, 5) is 9.27. The van der Waals surface area contributed by atoms with Crippen LogP contribution in [0.25, 0.3) is 0 Å². The fourth-order valence-corrected chi connectivity index (χ4v) is 1.83. The molecule has 1 heterocycles. The summed E-state index contributed by atoms with van der Waals surface area (Å²) in [7, 11) is 1.83. The monoisotopic (exact) mass is 229 g/mol. The van der Waals surface area contributed by atoms with E-state index in [4.69, 9.17) is 11.6 Å². The first-order valence-electron chi connectivity index (χ1n) is 4.97. The van der Waals surface area contributed by atoms with Gasteiger partial charge in [0.1, 0.15) is 0 Å². The average Bonchev–Trinajstić information content (AvgIpc) is 2.86. The summed E-state index contributed by atoms with van der Waals surface area (Å²) in [6, 6.07) is 0. The summed E-state index contributed by atoms with van der Waals surface area (Å²) in [6.45, 7) is 3.02. The van der Waals surface area contributed by atoms with Gasteiger partial charge >= 0.3 is 0 Å². The highest BCUT2D eigenvalue weighted by atomic mass is 35.5. The van der Waals surface area contributed by atoms with Gasteiger partial charge in [0.2, 0.25) is 5.28 Å². The Morgan fingerprint density at radius 2 is 2.33 bits per heavy atom. The molecule has 1 aliphatic carbocycles. The lowest BCUT2D eigenvalue weighted by atomic mass is 10.3. The normalized spacial score (nSPS) is 24.0. The minimum atomic E-state index is -0.421. The van der Waals surface area contributed by atoms with Gasteiger partial charge in [0.25, 0.3) is 0 Å². The molecular weight excluding hydrogens is 217 g/mol. The highest BCUT2D eigenvalue weighted by molar-refractivity contribution is 6.28. The van der Waals surface area contributed by atoms with Gasteiger partial charge in [0, 0.05) is 13.6 Å². The zero-order chi connectivity index (χ0) is 11.0. The van der Waals surface area contributed by atoms with E-state index >= 15 is 0 Å². The summed E-state index contributed by atoms with van der Waals surface area (Å²) in [6.07, 6.45) is 2.32. The second-order valence-corrected chi connectivity index (χ2v) is 4.50. The summed E-state index contributed by atoms with van der Waals surface area (Å²) >= 11 is 5.63. The number of halogens is 2. The fraction of sp³-hybridized carbons (Fsp3) is 0.600. The topological polar surface area (TPSA) is 29.0 Å². The van der Waals surface area contributed by atoms with Crippen LogP contribution < -0.4 is 4.90 Å². The second kappa shape index (κ2) is 3.93. The maximum atomic E-state index is 13.4. The van der Waals surface area contributed by atoms with Gasteiger partial charge in [-0.05, 0) is 29.9 Å². The Balaban J connectivity index is 2.10. The van der Waals surface area contributed by atoms with Crippen molar-refractivity contribution in [1.82, 2.24) is 9.97 Å². The molecule has 0 spiro atoms. The Labute approximate surface area is 93.3 Å². The second-order valence-electron chi connectivity index (χ2n) is 4.16. The Kier molecular flexibility index (Phi) is 2.78. The van der Waals surface area contributed by atoms with Crippen LogP contribution in [0, 0.1) is 17.7 Å². The number of hydrogen-bond acceptors (Lipinski definition) is 3. The van der Waals surface area contributed by atoms with E-state index in [0.717, 1.165) is 18.7 Å². The van der Waals surface area contributed by atoms with Crippen molar-refractivity contribution in [3.05, 3.63) is 17.3 Å². The van der Waals surface area contributed by atoms with E-state index < -0.39 is 5.82 Å². The molecule has 82 valence electrons. The third kappa shape index (κ3) is 2.37. The summed E-state index contributed by atoms with van der Waals surface area (Å²) in [5.41, 5.74) is 0. The molecule has 15 heavy (non-hydrogen) atoms. The van der Waals surface area contributed by atoms with Gasteiger partial charge in [-0.15, -0.1) is 0 Å². The highest BCUT2D eigenvalue weighted by Gasteiger charge is 2.33. The minimum absolute atomic E-state index is 0.0853. The van der Waals surface area contributed by atoms with E-state index in [0.29, 0.717) is 5.92 Å². The van der Waals surface area contributed by atoms with Crippen LogP contribution >= 0.6 is 11.6 Å². The van der Waals surface area contributed by atoms with Crippen LogP contribution in [0.3, 0.4) is 0 Å². The van der Waals surface area contributed by atoms with Crippen LogP contribution in [0.1, 0.15) is 13.3 Å². The van der Waals surface area contributed by atoms with Crippen molar-refractivity contribution in [3.63, 3.8) is 0 Å². The maximum absolute atomic E-state index is 13.4. The molecule has 0 amide bonds. The molecule has 0 saturated heterocycles. The summed E-state index contributed by atoms with van der Waals surface area (Å²) in [5.74, 6) is 1.26. The van der Waals surface area contributed by atoms with Crippen LogP contribution in [-0.4, -0.2) is 23.6 Å². The predicted octanol–water partition coefficient (Wildman–Crippen LogP) is 2.36. The van der Waals surface area contributed by atoms with Crippen molar-refractivity contribution in [2.24, 2.45) is 11.8 Å². The van der Waals surface area contributed by atoms with Gasteiger partial charge in [0.05, 0.1) is 6.20 Å². The van der Waals surface area contributed by atoms with Crippen LogP contribution in [0.2, 0.25) is 5.28 Å². The molecular formula is C10H13ClFN3. The van der Waals surface area contributed by atoms with Crippen molar-refractivity contribution >= 4 is 17.4 Å². The van der Waals surface area contributed by atoms with Crippen LogP contribution in [0.4, 0.5) is 10.2 Å². The first-order chi connectivity index (χ1) is 7.08. The zero-order valence-electron chi connectivity index (χ0n) is 8.74. The maximum Gasteiger partial charge on any atom is 0.224 e. The van der Waals surface area contributed by atoms with Gasteiger partial charge in [0.15, 0.2) is 11.6 Å². The van der Waals surface area contributed by atoms with Crippen LogP contribution in [0.5, 0.6) is 0 Å². The van der Waals surface area contributed by atoms with Crippen molar-refractivity contribution in [2.75, 3.05) is 18.5 Å². The highest BCUT2D eigenvalue weighted by Crippen LogP contribution is 2.38. The van der Waals surface area contributed by atoms with Gasteiger partial charge in [-0.3, -0.25) is 0 Å². The summed E-state index contributed by atoms with van der Waals surface area (Å²) in [5, 5.41) is 0.0853. The van der Waals surface area contributed by atoms with E-state index in [1.807, 2.05) is 7.05 Å². The number of anilines is 1. The molecule has 0 bridgehead atoms. The molecule has 1 saturated carbocycles. The molecule has 0 aromatic carbocycles. The largest absolute Gasteiger partial charge is 0.357 e. The smallest absolute Gasteiger partial charge is 0.224 e. The molecule has 1 aromatic rings. The third-order valence-corrected chi connectivity index (χ3v) is 3.02. The molecule has 1 aromatic heterocycles. The van der Waals surface area contributed by atoms with E-state index in [1.54, 1.807) is 4.90 Å². The average molecular weight is 230 g/mol. The SMILES string of the molecule is CC1CC1CN(C)c1nc(Cl)ncc1F. The molecule has 2 atom stereocenters. The Bertz CT molecular complexity index is 372. The summed E-state index contributed by atoms with van der Waals surface area (Å²) < 4.78 is 13.4. The van der Waals surface area contributed by atoms with Crippen molar-refractivity contribution in [3.8, 4) is 0 Å². The third-order valence-electron chi connectivity index (χ3n) is 2.84. The predicted molar refractivity (Wildman–Crippen MR) is 57.5 cm³/mol.